The number of halogens is 1. The van der Waals surface area contributed by atoms with Crippen molar-refractivity contribution in [1.29, 1.82) is 0 Å². The van der Waals surface area contributed by atoms with Crippen molar-refractivity contribution in [2.75, 3.05) is 5.32 Å². The highest BCUT2D eigenvalue weighted by Crippen LogP contribution is 2.32. The van der Waals surface area contributed by atoms with Crippen LogP contribution in [-0.4, -0.2) is 22.7 Å². The predicted octanol–water partition coefficient (Wildman–Crippen LogP) is 3.69. The first-order chi connectivity index (χ1) is 12.5. The van der Waals surface area contributed by atoms with E-state index in [9.17, 15) is 9.59 Å². The number of carbonyl (C=O) groups is 2. The van der Waals surface area contributed by atoms with E-state index in [4.69, 9.17) is 17.3 Å². The molecule has 1 unspecified atom stereocenters. The summed E-state index contributed by atoms with van der Waals surface area (Å²) in [6.45, 7) is 0. The minimum absolute atomic E-state index is 0.0206. The molecule has 5 nitrogen and oxygen atoms in total. The number of hydrogen-bond acceptors (Lipinski definition) is 4. The number of amides is 1. The zero-order chi connectivity index (χ0) is 18.5. The highest BCUT2D eigenvalue weighted by Gasteiger charge is 2.32. The molecule has 1 aliphatic carbocycles. The summed E-state index contributed by atoms with van der Waals surface area (Å²) in [7, 11) is 0. The molecule has 1 fully saturated rings. The maximum atomic E-state index is 12.6. The van der Waals surface area contributed by atoms with Gasteiger partial charge in [0.15, 0.2) is 5.78 Å². The first-order valence-electron chi connectivity index (χ1n) is 8.81. The van der Waals surface area contributed by atoms with Gasteiger partial charge in [-0.25, -0.2) is 0 Å². The third kappa shape index (κ3) is 4.48. The van der Waals surface area contributed by atoms with Gasteiger partial charge in [-0.2, -0.15) is 0 Å². The number of aromatic nitrogens is 1. The molecule has 1 aromatic carbocycles. The number of rotatable bonds is 5. The quantitative estimate of drug-likeness (QED) is 0.785. The second-order valence-corrected chi connectivity index (χ2v) is 7.17. The van der Waals surface area contributed by atoms with Crippen LogP contribution in [0.3, 0.4) is 0 Å². The summed E-state index contributed by atoms with van der Waals surface area (Å²) in [6, 6.07) is 9.80. The van der Waals surface area contributed by atoms with Crippen molar-refractivity contribution >= 4 is 29.0 Å². The molecule has 0 spiro atoms. The van der Waals surface area contributed by atoms with E-state index in [0.29, 0.717) is 10.6 Å². The number of carbonyl (C=O) groups excluding carboxylic acids is 2. The molecular formula is C20H22ClN3O2. The van der Waals surface area contributed by atoms with E-state index in [1.807, 2.05) is 0 Å². The Morgan fingerprint density at radius 3 is 2.27 bits per heavy atom. The average Bonchev–Trinajstić information content (AvgIpc) is 2.68. The van der Waals surface area contributed by atoms with Gasteiger partial charge in [0, 0.05) is 34.6 Å². The van der Waals surface area contributed by atoms with Crippen LogP contribution in [0.25, 0.3) is 0 Å². The first-order valence-corrected chi connectivity index (χ1v) is 9.18. The minimum atomic E-state index is -0.541. The van der Waals surface area contributed by atoms with Gasteiger partial charge in [-0.15, -0.1) is 0 Å². The molecule has 26 heavy (non-hydrogen) atoms. The molecule has 1 heterocycles. The van der Waals surface area contributed by atoms with E-state index in [-0.39, 0.29) is 23.5 Å². The van der Waals surface area contributed by atoms with Crippen molar-refractivity contribution in [3.05, 3.63) is 59.4 Å². The largest absolute Gasteiger partial charge is 0.326 e. The lowest BCUT2D eigenvalue weighted by Gasteiger charge is -2.31. The van der Waals surface area contributed by atoms with Crippen molar-refractivity contribution < 1.29 is 9.59 Å². The predicted molar refractivity (Wildman–Crippen MR) is 102 cm³/mol. The smallest absolute Gasteiger partial charge is 0.227 e. The van der Waals surface area contributed by atoms with Crippen LogP contribution < -0.4 is 11.1 Å². The fourth-order valence-electron chi connectivity index (χ4n) is 3.44. The van der Waals surface area contributed by atoms with Gasteiger partial charge in [0.1, 0.15) is 0 Å². The molecule has 0 radical (unpaired) electrons. The molecule has 0 aliphatic heterocycles. The molecule has 1 atom stereocenters. The van der Waals surface area contributed by atoms with Crippen molar-refractivity contribution in [2.24, 2.45) is 17.6 Å². The Hall–Kier alpha value is -2.24. The summed E-state index contributed by atoms with van der Waals surface area (Å²) in [4.78, 5) is 28.9. The summed E-state index contributed by atoms with van der Waals surface area (Å²) >= 11 is 5.86. The number of nitrogens with zero attached hydrogens (tertiary/aromatic N) is 1. The van der Waals surface area contributed by atoms with Gasteiger partial charge in [0.25, 0.3) is 0 Å². The molecule has 3 N–H and O–H groups in total. The summed E-state index contributed by atoms with van der Waals surface area (Å²) in [5.74, 6) is 0.0130. The molecular weight excluding hydrogens is 350 g/mol. The Labute approximate surface area is 158 Å². The first kappa shape index (κ1) is 18.5. The van der Waals surface area contributed by atoms with E-state index in [1.54, 1.807) is 48.8 Å². The highest BCUT2D eigenvalue weighted by atomic mass is 35.5. The van der Waals surface area contributed by atoms with Crippen LogP contribution >= 0.6 is 11.6 Å². The van der Waals surface area contributed by atoms with Crippen LogP contribution in [0.2, 0.25) is 5.02 Å². The summed E-state index contributed by atoms with van der Waals surface area (Å²) in [5, 5.41) is 3.51. The maximum Gasteiger partial charge on any atom is 0.227 e. The summed E-state index contributed by atoms with van der Waals surface area (Å²) < 4.78 is 0. The summed E-state index contributed by atoms with van der Waals surface area (Å²) in [6.07, 6.45) is 6.32. The molecule has 1 aromatic heterocycles. The van der Waals surface area contributed by atoms with Crippen LogP contribution in [-0.2, 0) is 4.79 Å². The average molecular weight is 372 g/mol. The van der Waals surface area contributed by atoms with Gasteiger partial charge >= 0.3 is 0 Å². The van der Waals surface area contributed by atoms with E-state index in [0.717, 1.165) is 31.4 Å². The lowest BCUT2D eigenvalue weighted by molar-refractivity contribution is -0.121. The topological polar surface area (TPSA) is 85.1 Å². The summed E-state index contributed by atoms with van der Waals surface area (Å²) in [5.41, 5.74) is 7.55. The third-order valence-corrected chi connectivity index (χ3v) is 5.28. The molecule has 3 rings (SSSR count). The van der Waals surface area contributed by atoms with Gasteiger partial charge < -0.3 is 11.1 Å². The highest BCUT2D eigenvalue weighted by molar-refractivity contribution is 6.30. The van der Waals surface area contributed by atoms with Crippen LogP contribution in [0.15, 0.2) is 48.8 Å². The third-order valence-electron chi connectivity index (χ3n) is 5.03. The second kappa shape index (κ2) is 8.43. The second-order valence-electron chi connectivity index (χ2n) is 6.73. The van der Waals surface area contributed by atoms with Gasteiger partial charge in [-0.05, 0) is 68.0 Å². The number of hydrogen-bond donors (Lipinski definition) is 2. The molecule has 136 valence electrons. The van der Waals surface area contributed by atoms with Crippen LogP contribution in [0, 0.1) is 11.8 Å². The Bertz CT molecular complexity index is 756. The van der Waals surface area contributed by atoms with E-state index in [2.05, 4.69) is 10.3 Å². The van der Waals surface area contributed by atoms with Gasteiger partial charge in [-0.3, -0.25) is 14.6 Å². The van der Waals surface area contributed by atoms with Gasteiger partial charge in [-0.1, -0.05) is 11.6 Å². The fraction of sp³-hybridized carbons (Fsp3) is 0.350. The Morgan fingerprint density at radius 2 is 1.65 bits per heavy atom. The monoisotopic (exact) mass is 371 g/mol. The van der Waals surface area contributed by atoms with Gasteiger partial charge in [0.05, 0.1) is 6.04 Å². The molecule has 2 aromatic rings. The van der Waals surface area contributed by atoms with Crippen LogP contribution in [0.1, 0.15) is 36.0 Å². The number of anilines is 1. The number of pyridine rings is 1. The number of benzene rings is 1. The molecule has 1 aliphatic rings. The molecule has 1 saturated carbocycles. The molecule has 0 bridgehead atoms. The minimum Gasteiger partial charge on any atom is -0.326 e. The normalized spacial score (nSPS) is 21.0. The van der Waals surface area contributed by atoms with Crippen LogP contribution in [0.5, 0.6) is 0 Å². The van der Waals surface area contributed by atoms with Gasteiger partial charge in [0.2, 0.25) is 5.91 Å². The van der Waals surface area contributed by atoms with Crippen molar-refractivity contribution in [2.45, 2.75) is 31.7 Å². The Kier molecular flexibility index (Phi) is 6.01. The fourth-order valence-corrected chi connectivity index (χ4v) is 3.57. The van der Waals surface area contributed by atoms with E-state index in [1.165, 1.54) is 0 Å². The van der Waals surface area contributed by atoms with Crippen molar-refractivity contribution in [3.8, 4) is 0 Å². The van der Waals surface area contributed by atoms with Crippen LogP contribution in [0.4, 0.5) is 5.69 Å². The van der Waals surface area contributed by atoms with Crippen molar-refractivity contribution in [3.63, 3.8) is 0 Å². The Balaban J connectivity index is 1.53. The lowest BCUT2D eigenvalue weighted by atomic mass is 9.76. The standard InChI is InChI=1S/C20H22ClN3O2/c21-16-7-5-14(6-8-16)19(25)18(22)13-1-3-15(4-2-13)20(26)24-17-9-11-23-12-10-17/h5-13,15,18H,1-4,22H2,(H,23,24,26). The lowest BCUT2D eigenvalue weighted by Crippen LogP contribution is -2.41. The molecule has 6 heteroatoms. The number of Topliss-reactive ketones (excluding diaryl/α,β-unsaturated/α-hetero) is 1. The number of nitrogens with one attached hydrogen (secondary N) is 1. The SMILES string of the molecule is NC(C(=O)c1ccc(Cl)cc1)C1CCC(C(=O)Nc2ccncc2)CC1. The maximum absolute atomic E-state index is 12.6. The van der Waals surface area contributed by atoms with Crippen molar-refractivity contribution in [1.82, 2.24) is 4.98 Å². The zero-order valence-corrected chi connectivity index (χ0v) is 15.2. The van der Waals surface area contributed by atoms with E-state index < -0.39 is 6.04 Å². The Morgan fingerprint density at radius 1 is 1.04 bits per heavy atom. The van der Waals surface area contributed by atoms with E-state index >= 15 is 0 Å². The number of ketones is 1. The number of nitrogens with two attached hydrogens (primary N) is 1. The zero-order valence-electron chi connectivity index (χ0n) is 14.4. The molecule has 1 amide bonds. The molecule has 0 saturated heterocycles.